The molecule has 0 bridgehead atoms. The van der Waals surface area contributed by atoms with Crippen molar-refractivity contribution in [1.29, 1.82) is 0 Å². The van der Waals surface area contributed by atoms with Gasteiger partial charge in [0.25, 0.3) is 5.56 Å². The van der Waals surface area contributed by atoms with Crippen molar-refractivity contribution >= 4 is 22.4 Å². The van der Waals surface area contributed by atoms with Crippen molar-refractivity contribution in [3.8, 4) is 0 Å². The van der Waals surface area contributed by atoms with E-state index in [1.54, 1.807) is 25.2 Å². The Balaban J connectivity index is 1.82. The first-order valence-corrected chi connectivity index (χ1v) is 7.46. The molecule has 24 heavy (non-hydrogen) atoms. The van der Waals surface area contributed by atoms with Crippen LogP contribution in [0.1, 0.15) is 5.82 Å². The summed E-state index contributed by atoms with van der Waals surface area (Å²) in [6, 6.07) is 13.5. The summed E-state index contributed by atoms with van der Waals surface area (Å²) in [5.41, 5.74) is 1.43. The molecule has 120 valence electrons. The van der Waals surface area contributed by atoms with Crippen molar-refractivity contribution in [2.24, 2.45) is 7.05 Å². The maximum absolute atomic E-state index is 13.0. The summed E-state index contributed by atoms with van der Waals surface area (Å²) < 4.78 is 16.3. The first-order valence-electron chi connectivity index (χ1n) is 7.46. The lowest BCUT2D eigenvalue weighted by molar-refractivity contribution is 0.628. The second-order valence-corrected chi connectivity index (χ2v) is 5.49. The molecule has 0 unspecified atom stereocenters. The van der Waals surface area contributed by atoms with E-state index >= 15 is 0 Å². The van der Waals surface area contributed by atoms with Gasteiger partial charge in [0.15, 0.2) is 5.82 Å². The van der Waals surface area contributed by atoms with E-state index in [0.717, 1.165) is 11.2 Å². The van der Waals surface area contributed by atoms with Gasteiger partial charge in [0.05, 0.1) is 17.4 Å². The van der Waals surface area contributed by atoms with Gasteiger partial charge in [0.2, 0.25) is 5.78 Å². The molecule has 1 N–H and O–H groups in total. The van der Waals surface area contributed by atoms with Crippen LogP contribution < -0.4 is 10.9 Å². The molecule has 6 nitrogen and oxygen atoms in total. The van der Waals surface area contributed by atoms with E-state index < -0.39 is 0 Å². The van der Waals surface area contributed by atoms with Gasteiger partial charge in [-0.15, -0.1) is 10.2 Å². The predicted octanol–water partition coefficient (Wildman–Crippen LogP) is 2.33. The summed E-state index contributed by atoms with van der Waals surface area (Å²) in [4.78, 5) is 12.4. The Labute approximate surface area is 136 Å². The average molecular weight is 323 g/mol. The summed E-state index contributed by atoms with van der Waals surface area (Å²) in [5, 5.41) is 12.1. The largest absolute Gasteiger partial charge is 0.378 e. The Bertz CT molecular complexity index is 1100. The predicted molar refractivity (Wildman–Crippen MR) is 89.5 cm³/mol. The Morgan fingerprint density at radius 1 is 1.08 bits per heavy atom. The van der Waals surface area contributed by atoms with Crippen LogP contribution in [0.15, 0.2) is 53.3 Å². The Morgan fingerprint density at radius 2 is 1.83 bits per heavy atom. The van der Waals surface area contributed by atoms with E-state index in [1.807, 2.05) is 22.6 Å². The average Bonchev–Trinajstić information content (AvgIpc) is 3.03. The Hall–Kier alpha value is -3.22. The maximum atomic E-state index is 13.0. The Kier molecular flexibility index (Phi) is 3.26. The van der Waals surface area contributed by atoms with Gasteiger partial charge in [-0.05, 0) is 36.4 Å². The molecule has 4 rings (SSSR count). The van der Waals surface area contributed by atoms with Crippen LogP contribution in [0.3, 0.4) is 0 Å². The highest BCUT2D eigenvalue weighted by Crippen LogP contribution is 2.15. The minimum absolute atomic E-state index is 0.108. The van der Waals surface area contributed by atoms with Crippen molar-refractivity contribution in [1.82, 2.24) is 19.2 Å². The lowest BCUT2D eigenvalue weighted by Crippen LogP contribution is -2.20. The third-order valence-electron chi connectivity index (χ3n) is 3.99. The van der Waals surface area contributed by atoms with Crippen LogP contribution in [-0.2, 0) is 13.6 Å². The number of aryl methyl sites for hydroxylation is 1. The van der Waals surface area contributed by atoms with Crippen molar-refractivity contribution in [3.63, 3.8) is 0 Å². The van der Waals surface area contributed by atoms with E-state index in [2.05, 4.69) is 15.5 Å². The highest BCUT2D eigenvalue weighted by atomic mass is 19.1. The molecule has 0 aliphatic carbocycles. The fraction of sp³-hybridized carbons (Fsp3) is 0.118. The van der Waals surface area contributed by atoms with E-state index in [4.69, 9.17) is 0 Å². The third-order valence-corrected chi connectivity index (χ3v) is 3.99. The molecule has 0 amide bonds. The van der Waals surface area contributed by atoms with E-state index in [-0.39, 0.29) is 11.4 Å². The van der Waals surface area contributed by atoms with Gasteiger partial charge in [0, 0.05) is 12.7 Å². The lowest BCUT2D eigenvalue weighted by Gasteiger charge is -2.09. The molecule has 0 saturated carbocycles. The van der Waals surface area contributed by atoms with Crippen molar-refractivity contribution < 1.29 is 4.39 Å². The number of para-hydroxylation sites is 1. The Morgan fingerprint density at radius 3 is 2.62 bits per heavy atom. The van der Waals surface area contributed by atoms with E-state index in [1.165, 1.54) is 16.7 Å². The molecule has 0 aliphatic rings. The standard InChI is InChI=1S/C17H14FN5O/c1-22-16(24)13-4-2-3-5-14(13)23-15(20-21-17(22)23)10-19-12-8-6-11(18)7-9-12/h2-9,19H,10H2,1H3. The number of rotatable bonds is 3. The number of hydrogen-bond donors (Lipinski definition) is 1. The van der Waals surface area contributed by atoms with Gasteiger partial charge in [-0.2, -0.15) is 0 Å². The first kappa shape index (κ1) is 14.4. The molecule has 0 atom stereocenters. The fourth-order valence-corrected chi connectivity index (χ4v) is 2.76. The number of anilines is 1. The van der Waals surface area contributed by atoms with Crippen LogP contribution in [0.4, 0.5) is 10.1 Å². The zero-order chi connectivity index (χ0) is 16.7. The summed E-state index contributed by atoms with van der Waals surface area (Å²) in [7, 11) is 1.68. The summed E-state index contributed by atoms with van der Waals surface area (Å²) in [5.74, 6) is 0.866. The lowest BCUT2D eigenvalue weighted by atomic mass is 10.2. The van der Waals surface area contributed by atoms with Crippen molar-refractivity contribution in [2.75, 3.05) is 5.32 Å². The third kappa shape index (κ3) is 2.21. The maximum Gasteiger partial charge on any atom is 0.262 e. The number of fused-ring (bicyclic) bond motifs is 3. The van der Waals surface area contributed by atoms with Gasteiger partial charge in [-0.3, -0.25) is 13.8 Å². The quantitative estimate of drug-likeness (QED) is 0.628. The number of hydrogen-bond acceptors (Lipinski definition) is 4. The first-order chi connectivity index (χ1) is 11.6. The summed E-state index contributed by atoms with van der Waals surface area (Å²) in [6.07, 6.45) is 0. The van der Waals surface area contributed by atoms with Gasteiger partial charge >= 0.3 is 0 Å². The van der Waals surface area contributed by atoms with Crippen LogP contribution in [0.2, 0.25) is 0 Å². The molecule has 2 aromatic heterocycles. The molecular formula is C17H14FN5O. The molecule has 7 heteroatoms. The SMILES string of the molecule is Cn1c(=O)c2ccccc2n2c(CNc3ccc(F)cc3)nnc12. The molecule has 4 aromatic rings. The number of nitrogens with one attached hydrogen (secondary N) is 1. The minimum Gasteiger partial charge on any atom is -0.378 e. The molecule has 0 spiro atoms. The van der Waals surface area contributed by atoms with Crippen LogP contribution in [0, 0.1) is 5.82 Å². The molecule has 2 heterocycles. The summed E-state index contributed by atoms with van der Waals surface area (Å²) in [6.45, 7) is 0.398. The van der Waals surface area contributed by atoms with Crippen molar-refractivity contribution in [2.45, 2.75) is 6.54 Å². The number of aromatic nitrogens is 4. The van der Waals surface area contributed by atoms with Crippen LogP contribution in [-0.4, -0.2) is 19.2 Å². The molecule has 2 aromatic carbocycles. The van der Waals surface area contributed by atoms with E-state index in [9.17, 15) is 9.18 Å². The van der Waals surface area contributed by atoms with Gasteiger partial charge in [-0.1, -0.05) is 12.1 Å². The number of nitrogens with zero attached hydrogens (tertiary/aromatic N) is 4. The second-order valence-electron chi connectivity index (χ2n) is 5.49. The summed E-state index contributed by atoms with van der Waals surface area (Å²) >= 11 is 0. The van der Waals surface area contributed by atoms with Crippen molar-refractivity contribution in [3.05, 3.63) is 70.5 Å². The monoisotopic (exact) mass is 323 g/mol. The zero-order valence-electron chi connectivity index (χ0n) is 12.9. The molecule has 0 fully saturated rings. The smallest absolute Gasteiger partial charge is 0.262 e. The molecule has 0 saturated heterocycles. The van der Waals surface area contributed by atoms with Crippen LogP contribution >= 0.6 is 0 Å². The van der Waals surface area contributed by atoms with Gasteiger partial charge in [-0.25, -0.2) is 4.39 Å². The second kappa shape index (κ2) is 5.45. The highest BCUT2D eigenvalue weighted by Gasteiger charge is 2.14. The number of halogens is 1. The van der Waals surface area contributed by atoms with Gasteiger partial charge < -0.3 is 5.32 Å². The van der Waals surface area contributed by atoms with Gasteiger partial charge in [0.1, 0.15) is 5.82 Å². The van der Waals surface area contributed by atoms with Crippen LogP contribution in [0.25, 0.3) is 16.7 Å². The highest BCUT2D eigenvalue weighted by molar-refractivity contribution is 5.80. The topological polar surface area (TPSA) is 64.2 Å². The fourth-order valence-electron chi connectivity index (χ4n) is 2.76. The van der Waals surface area contributed by atoms with E-state index in [0.29, 0.717) is 23.5 Å². The molecular weight excluding hydrogens is 309 g/mol. The van der Waals surface area contributed by atoms with Crippen LogP contribution in [0.5, 0.6) is 0 Å². The molecule has 0 aliphatic heterocycles. The zero-order valence-corrected chi connectivity index (χ0v) is 12.9. The number of benzene rings is 2. The minimum atomic E-state index is -0.283. The normalized spacial score (nSPS) is 11.2. The molecule has 0 radical (unpaired) electrons.